The van der Waals surface area contributed by atoms with E-state index in [-0.39, 0.29) is 60.2 Å². The number of phosphoric ester groups is 1. The van der Waals surface area contributed by atoms with Gasteiger partial charge < -0.3 is 55.0 Å². The molecule has 17 nitrogen and oxygen atoms in total. The van der Waals surface area contributed by atoms with E-state index in [0.717, 1.165) is 19.4 Å². The van der Waals surface area contributed by atoms with Gasteiger partial charge in [0.2, 0.25) is 5.88 Å². The second-order valence-corrected chi connectivity index (χ2v) is 11.6. The van der Waals surface area contributed by atoms with Gasteiger partial charge in [-0.15, -0.1) is 0 Å². The number of benzene rings is 1. The topological polar surface area (TPSA) is 259 Å². The summed E-state index contributed by atoms with van der Waals surface area (Å²) < 4.78 is 27.4. The summed E-state index contributed by atoms with van der Waals surface area (Å²) in [7, 11) is -2.44. The second kappa shape index (κ2) is 17.0. The number of aromatic nitrogens is 2. The molecule has 1 fully saturated rings. The highest BCUT2D eigenvalue weighted by Crippen LogP contribution is 2.38. The molecule has 0 radical (unpaired) electrons. The van der Waals surface area contributed by atoms with Crippen LogP contribution < -0.4 is 30.9 Å². The molecule has 1 aliphatic rings. The zero-order chi connectivity index (χ0) is 34.7. The van der Waals surface area contributed by atoms with E-state index in [1.165, 1.54) is 36.1 Å². The molecule has 18 heteroatoms. The van der Waals surface area contributed by atoms with Crippen molar-refractivity contribution in [2.75, 3.05) is 46.9 Å². The van der Waals surface area contributed by atoms with Crippen LogP contribution in [-0.4, -0.2) is 101 Å². The third-order valence-corrected chi connectivity index (χ3v) is 7.74. The van der Waals surface area contributed by atoms with Crippen LogP contribution in [-0.2, 0) is 25.4 Å². The van der Waals surface area contributed by atoms with Crippen molar-refractivity contribution < 1.29 is 64.1 Å². The van der Waals surface area contributed by atoms with Gasteiger partial charge in [-0.05, 0) is 25.0 Å². The fourth-order valence-electron chi connectivity index (χ4n) is 4.81. The number of pyridine rings is 1. The number of rotatable bonds is 13. The van der Waals surface area contributed by atoms with Crippen molar-refractivity contribution in [1.82, 2.24) is 19.4 Å². The summed E-state index contributed by atoms with van der Waals surface area (Å²) in [5.74, 6) is -2.75. The Hall–Kier alpha value is -4.38. The number of unbranched alkanes of at least 4 members (excludes halogenated alkanes) is 1. The minimum Gasteiger partial charge on any atom is -0.756 e. The molecule has 3 heterocycles. The first kappa shape index (κ1) is 37.1. The van der Waals surface area contributed by atoms with Crippen LogP contribution in [0, 0.1) is 0 Å². The van der Waals surface area contributed by atoms with Crippen molar-refractivity contribution in [3.8, 4) is 11.6 Å². The minimum absolute atomic E-state index is 0.0117. The van der Waals surface area contributed by atoms with E-state index in [1.54, 1.807) is 29.2 Å². The quantitative estimate of drug-likeness (QED) is 0.0729. The molecule has 2 atom stereocenters. The van der Waals surface area contributed by atoms with Crippen molar-refractivity contribution in [3.63, 3.8) is 0 Å². The van der Waals surface area contributed by atoms with E-state index in [1.807, 2.05) is 6.07 Å². The largest absolute Gasteiger partial charge is 0.756 e. The van der Waals surface area contributed by atoms with Crippen LogP contribution in [0.2, 0.25) is 0 Å². The molecule has 47 heavy (non-hydrogen) atoms. The number of carbonyl (C=O) groups is 4. The number of phosphoric acid groups is 1. The van der Waals surface area contributed by atoms with Crippen molar-refractivity contribution >= 4 is 42.3 Å². The normalized spacial score (nSPS) is 14.9. The van der Waals surface area contributed by atoms with E-state index in [9.17, 15) is 33.7 Å². The summed E-state index contributed by atoms with van der Waals surface area (Å²) in [6, 6.07) is 8.21. The maximum absolute atomic E-state index is 13.4. The molecule has 0 spiro atoms. The number of aliphatic carboxylic acids is 1. The van der Waals surface area contributed by atoms with Crippen molar-refractivity contribution in [2.45, 2.75) is 32.0 Å². The fourth-order valence-corrected chi connectivity index (χ4v) is 5.08. The molecular formula is C29H39N6O11P. The lowest BCUT2D eigenvalue weighted by Crippen LogP contribution is -2.68. The van der Waals surface area contributed by atoms with Gasteiger partial charge in [0.05, 0.1) is 43.9 Å². The first-order chi connectivity index (χ1) is 22.3. The molecule has 2 amide bonds. The van der Waals surface area contributed by atoms with E-state index in [2.05, 4.69) is 21.0 Å². The van der Waals surface area contributed by atoms with Gasteiger partial charge in [-0.3, -0.25) is 23.5 Å². The average Bonchev–Trinajstić information content (AvgIpc) is 3.46. The summed E-state index contributed by atoms with van der Waals surface area (Å²) in [4.78, 5) is 76.6. The van der Waals surface area contributed by atoms with Crippen LogP contribution in [0.1, 0.15) is 40.0 Å². The number of carboxylic acid groups (broad SMARTS) is 1. The molecule has 2 aromatic heterocycles. The first-order valence-electron chi connectivity index (χ1n) is 14.6. The molecule has 2 unspecified atom stereocenters. The van der Waals surface area contributed by atoms with Gasteiger partial charge >= 0.3 is 0 Å². The Labute approximate surface area is 270 Å². The number of carbonyl (C=O) groups excluding carboxylic acids is 4. The van der Waals surface area contributed by atoms with Gasteiger partial charge in [0, 0.05) is 44.4 Å². The number of hydrogen-bond donors (Lipinski definition) is 3. The first-order valence-corrected chi connectivity index (χ1v) is 16.1. The van der Waals surface area contributed by atoms with Crippen LogP contribution >= 0.6 is 7.82 Å². The summed E-state index contributed by atoms with van der Waals surface area (Å²) >= 11 is 0. The second-order valence-electron chi connectivity index (χ2n) is 10.4. The van der Waals surface area contributed by atoms with Gasteiger partial charge in [-0.1, -0.05) is 18.2 Å². The Morgan fingerprint density at radius 3 is 2.23 bits per heavy atom. The van der Waals surface area contributed by atoms with Gasteiger partial charge in [0.25, 0.3) is 25.4 Å². The van der Waals surface area contributed by atoms with E-state index in [4.69, 9.17) is 14.4 Å². The molecule has 7 N–H and O–H groups in total. The molecule has 0 aliphatic carbocycles. The highest BCUT2D eigenvalue weighted by Gasteiger charge is 2.32. The number of hydrogen-bond acceptors (Lipinski definition) is 11. The molecule has 1 saturated heterocycles. The SMILES string of the molecule is COc1cnc(OC)c2c1c(C(=O)C(=O)N1CCN(C(=O)c3ccccc3)CC1)cn2COP(=O)([O-])O.[NH3+]CCCCC([NH3+])C(=O)[O-]. The minimum atomic E-state index is -5.10. The van der Waals surface area contributed by atoms with Crippen LogP contribution in [0.15, 0.2) is 42.7 Å². The Kier molecular flexibility index (Phi) is 13.4. The Morgan fingerprint density at radius 2 is 1.68 bits per heavy atom. The molecule has 0 bridgehead atoms. The molecule has 1 aromatic carbocycles. The van der Waals surface area contributed by atoms with Gasteiger partial charge in [-0.2, -0.15) is 0 Å². The Morgan fingerprint density at radius 1 is 1.04 bits per heavy atom. The third kappa shape index (κ3) is 9.81. The molecule has 4 rings (SSSR count). The maximum Gasteiger partial charge on any atom is 0.295 e. The average molecular weight is 679 g/mol. The lowest BCUT2D eigenvalue weighted by Gasteiger charge is -2.34. The predicted molar refractivity (Wildman–Crippen MR) is 160 cm³/mol. The summed E-state index contributed by atoms with van der Waals surface area (Å²) in [5.41, 5.74) is 7.64. The van der Waals surface area contributed by atoms with Crippen molar-refractivity contribution in [3.05, 3.63) is 53.9 Å². The molecule has 0 saturated carbocycles. The number of ketones is 1. The number of carboxylic acids is 1. The molecular weight excluding hydrogens is 639 g/mol. The van der Waals surface area contributed by atoms with Gasteiger partial charge in [0.1, 0.15) is 24.0 Å². The van der Waals surface area contributed by atoms with Crippen LogP contribution in [0.3, 0.4) is 0 Å². The summed E-state index contributed by atoms with van der Waals surface area (Å²) in [5, 5.41) is 10.3. The lowest BCUT2D eigenvalue weighted by atomic mass is 10.1. The summed E-state index contributed by atoms with van der Waals surface area (Å²) in [6.45, 7) is 0.950. The zero-order valence-electron chi connectivity index (χ0n) is 26.2. The number of methoxy groups -OCH3 is 2. The third-order valence-electron chi connectivity index (χ3n) is 7.30. The number of nitrogens with zero attached hydrogens (tertiary/aromatic N) is 4. The maximum atomic E-state index is 13.4. The van der Waals surface area contributed by atoms with Crippen molar-refractivity contribution in [2.24, 2.45) is 0 Å². The lowest BCUT2D eigenvalue weighted by molar-refractivity contribution is -0.439. The number of Topliss-reactive ketones (excluding diaryl/α,β-unsaturated/α-hetero) is 1. The van der Waals surface area contributed by atoms with Gasteiger partial charge in [-0.25, -0.2) is 4.98 Å². The van der Waals surface area contributed by atoms with Crippen molar-refractivity contribution in [1.29, 1.82) is 0 Å². The molecule has 256 valence electrons. The van der Waals surface area contributed by atoms with E-state index >= 15 is 0 Å². The van der Waals surface area contributed by atoms with E-state index < -0.39 is 38.3 Å². The monoisotopic (exact) mass is 678 g/mol. The number of fused-ring (bicyclic) bond motifs is 1. The van der Waals surface area contributed by atoms with Crippen LogP contribution in [0.4, 0.5) is 0 Å². The highest BCUT2D eigenvalue weighted by atomic mass is 31.2. The predicted octanol–water partition coefficient (Wildman–Crippen LogP) is -2.59. The van der Waals surface area contributed by atoms with Crippen LogP contribution in [0.5, 0.6) is 11.6 Å². The number of ether oxygens (including phenoxy) is 2. The number of amides is 2. The fraction of sp³-hybridized carbons (Fsp3) is 0.414. The number of quaternary nitrogens is 2. The smallest absolute Gasteiger partial charge is 0.295 e. The summed E-state index contributed by atoms with van der Waals surface area (Å²) in [6.07, 6.45) is 4.97. The standard InChI is InChI=1S/C23H25N4O9P.C6H14N2O2/c1-34-17-12-24-21(35-2)19-18(17)16(13-27(19)14-36-37(31,32)33)20(28)23(30)26-10-8-25(9-11-26)22(29)15-6-4-3-5-7-15;7-4-2-1-3-5(8)6(9)10/h3-7,12-13H,8-11,14H2,1-2H3,(H2,31,32,33);5H,1-4,7-8H2,(H,9,10). The van der Waals surface area contributed by atoms with E-state index in [0.29, 0.717) is 12.0 Å². The Balaban J connectivity index is 0.000000520. The number of piperazine rings is 1. The van der Waals surface area contributed by atoms with Gasteiger partial charge in [0.15, 0.2) is 0 Å². The molecule has 1 aliphatic heterocycles. The highest BCUT2D eigenvalue weighted by molar-refractivity contribution is 7.44. The zero-order valence-corrected chi connectivity index (χ0v) is 27.1. The molecule has 3 aromatic rings. The van der Waals surface area contributed by atoms with Crippen LogP contribution in [0.25, 0.3) is 10.9 Å². The Bertz CT molecular complexity index is 1600.